The van der Waals surface area contributed by atoms with Gasteiger partial charge in [0.15, 0.2) is 5.65 Å². The SMILES string of the molecule is O=[N+]([O-])c1ccc2c(c1)C(c1ncnc3c1cnn3C1CCCC1)CN2. The van der Waals surface area contributed by atoms with E-state index >= 15 is 0 Å². The fourth-order valence-electron chi connectivity index (χ4n) is 4.25. The van der Waals surface area contributed by atoms with Crippen molar-refractivity contribution in [3.63, 3.8) is 0 Å². The van der Waals surface area contributed by atoms with Gasteiger partial charge in [0.05, 0.1) is 28.2 Å². The number of benzene rings is 1. The van der Waals surface area contributed by atoms with Crippen molar-refractivity contribution in [2.75, 3.05) is 11.9 Å². The van der Waals surface area contributed by atoms with E-state index < -0.39 is 0 Å². The van der Waals surface area contributed by atoms with Gasteiger partial charge in [-0.2, -0.15) is 5.10 Å². The smallest absolute Gasteiger partial charge is 0.269 e. The van der Waals surface area contributed by atoms with Gasteiger partial charge in [0.1, 0.15) is 6.33 Å². The van der Waals surface area contributed by atoms with E-state index in [1.807, 2.05) is 10.9 Å². The van der Waals surface area contributed by atoms with Crippen molar-refractivity contribution in [3.8, 4) is 0 Å². The predicted molar refractivity (Wildman–Crippen MR) is 96.3 cm³/mol. The molecule has 1 aliphatic heterocycles. The third-order valence-electron chi connectivity index (χ3n) is 5.54. The molecular weight excluding hydrogens is 332 g/mol. The molecule has 1 fully saturated rings. The van der Waals surface area contributed by atoms with E-state index in [0.717, 1.165) is 40.8 Å². The van der Waals surface area contributed by atoms with Crippen LogP contribution in [0.3, 0.4) is 0 Å². The van der Waals surface area contributed by atoms with Crippen LogP contribution in [0, 0.1) is 10.1 Å². The fraction of sp³-hybridized carbons (Fsp3) is 0.389. The summed E-state index contributed by atoms with van der Waals surface area (Å²) in [6.45, 7) is 0.664. The van der Waals surface area contributed by atoms with Gasteiger partial charge in [-0.05, 0) is 24.5 Å². The zero-order chi connectivity index (χ0) is 17.7. The number of non-ortho nitro benzene ring substituents is 1. The zero-order valence-electron chi connectivity index (χ0n) is 14.1. The highest BCUT2D eigenvalue weighted by Crippen LogP contribution is 2.40. The van der Waals surface area contributed by atoms with E-state index in [-0.39, 0.29) is 16.5 Å². The number of fused-ring (bicyclic) bond motifs is 2. The van der Waals surface area contributed by atoms with Gasteiger partial charge in [0.25, 0.3) is 5.69 Å². The molecule has 2 aliphatic rings. The molecular formula is C18H18N6O2. The van der Waals surface area contributed by atoms with E-state index in [2.05, 4.69) is 20.4 Å². The molecule has 0 radical (unpaired) electrons. The van der Waals surface area contributed by atoms with Crippen LogP contribution in [-0.4, -0.2) is 31.2 Å². The Morgan fingerprint density at radius 2 is 2.08 bits per heavy atom. The summed E-state index contributed by atoms with van der Waals surface area (Å²) in [6.07, 6.45) is 8.16. The largest absolute Gasteiger partial charge is 0.384 e. The van der Waals surface area contributed by atoms with Crippen LogP contribution < -0.4 is 5.32 Å². The van der Waals surface area contributed by atoms with Crippen molar-refractivity contribution in [3.05, 3.63) is 52.1 Å². The molecule has 1 atom stereocenters. The lowest BCUT2D eigenvalue weighted by atomic mass is 9.95. The number of hydrogen-bond acceptors (Lipinski definition) is 6. The van der Waals surface area contributed by atoms with Crippen LogP contribution in [0.2, 0.25) is 0 Å². The summed E-state index contributed by atoms with van der Waals surface area (Å²) in [4.78, 5) is 19.8. The molecule has 132 valence electrons. The second-order valence-corrected chi connectivity index (χ2v) is 6.99. The van der Waals surface area contributed by atoms with E-state index in [9.17, 15) is 10.1 Å². The Balaban J connectivity index is 1.61. The van der Waals surface area contributed by atoms with Crippen molar-refractivity contribution in [1.82, 2.24) is 19.7 Å². The normalized spacial score (nSPS) is 19.6. The first-order chi connectivity index (χ1) is 12.7. The summed E-state index contributed by atoms with van der Waals surface area (Å²) in [5, 5.41) is 20.0. The maximum atomic E-state index is 11.2. The quantitative estimate of drug-likeness (QED) is 0.574. The highest BCUT2D eigenvalue weighted by atomic mass is 16.6. The molecule has 1 aromatic carbocycles. The Labute approximate surface area is 149 Å². The molecule has 26 heavy (non-hydrogen) atoms. The minimum Gasteiger partial charge on any atom is -0.384 e. The topological polar surface area (TPSA) is 98.8 Å². The summed E-state index contributed by atoms with van der Waals surface area (Å²) in [5.74, 6) is -0.0448. The first kappa shape index (κ1) is 15.2. The van der Waals surface area contributed by atoms with Crippen LogP contribution in [0.4, 0.5) is 11.4 Å². The molecule has 0 bridgehead atoms. The molecule has 1 N–H and O–H groups in total. The summed E-state index contributed by atoms with van der Waals surface area (Å²) in [7, 11) is 0. The van der Waals surface area contributed by atoms with Crippen molar-refractivity contribution < 1.29 is 4.92 Å². The van der Waals surface area contributed by atoms with Crippen LogP contribution in [0.25, 0.3) is 11.0 Å². The van der Waals surface area contributed by atoms with Crippen LogP contribution in [0.1, 0.15) is 48.9 Å². The van der Waals surface area contributed by atoms with Crippen molar-refractivity contribution in [2.45, 2.75) is 37.6 Å². The number of aromatic nitrogens is 4. The second kappa shape index (κ2) is 5.76. The molecule has 5 rings (SSSR count). The predicted octanol–water partition coefficient (Wildman–Crippen LogP) is 3.41. The molecule has 3 aromatic rings. The summed E-state index contributed by atoms with van der Waals surface area (Å²) in [6, 6.07) is 5.36. The van der Waals surface area contributed by atoms with Crippen molar-refractivity contribution in [2.24, 2.45) is 0 Å². The minimum absolute atomic E-state index is 0.0448. The standard InChI is InChI=1S/C18H18N6O2/c25-24(26)12-5-6-16-13(7-12)14(8-19-16)17-15-9-22-23(11-3-1-2-4-11)18(15)21-10-20-17/h5-7,9-11,14,19H,1-4,8H2. The third kappa shape index (κ3) is 2.25. The Morgan fingerprint density at radius 1 is 1.23 bits per heavy atom. The second-order valence-electron chi connectivity index (χ2n) is 6.99. The first-order valence-electron chi connectivity index (χ1n) is 8.92. The molecule has 8 nitrogen and oxygen atoms in total. The van der Waals surface area contributed by atoms with Gasteiger partial charge in [0.2, 0.25) is 0 Å². The molecule has 2 aromatic heterocycles. The molecule has 1 aliphatic carbocycles. The average molecular weight is 350 g/mol. The highest BCUT2D eigenvalue weighted by Gasteiger charge is 2.30. The van der Waals surface area contributed by atoms with E-state index in [0.29, 0.717) is 12.6 Å². The molecule has 3 heterocycles. The van der Waals surface area contributed by atoms with Gasteiger partial charge in [-0.1, -0.05) is 12.8 Å². The number of nitro benzene ring substituents is 1. The summed E-state index contributed by atoms with van der Waals surface area (Å²) < 4.78 is 2.03. The zero-order valence-corrected chi connectivity index (χ0v) is 14.1. The van der Waals surface area contributed by atoms with Gasteiger partial charge in [-0.3, -0.25) is 10.1 Å². The Hall–Kier alpha value is -3.03. The van der Waals surface area contributed by atoms with Crippen LogP contribution >= 0.6 is 0 Å². The lowest BCUT2D eigenvalue weighted by Crippen LogP contribution is -2.09. The number of rotatable bonds is 3. The molecule has 1 unspecified atom stereocenters. The highest BCUT2D eigenvalue weighted by molar-refractivity contribution is 5.80. The molecule has 0 amide bonds. The van der Waals surface area contributed by atoms with Crippen LogP contribution in [-0.2, 0) is 0 Å². The van der Waals surface area contributed by atoms with Crippen LogP contribution in [0.5, 0.6) is 0 Å². The molecule has 0 saturated heterocycles. The minimum atomic E-state index is -0.358. The number of nitrogens with zero attached hydrogens (tertiary/aromatic N) is 5. The van der Waals surface area contributed by atoms with Crippen molar-refractivity contribution >= 4 is 22.4 Å². The summed E-state index contributed by atoms with van der Waals surface area (Å²) >= 11 is 0. The van der Waals surface area contributed by atoms with Gasteiger partial charge >= 0.3 is 0 Å². The average Bonchev–Trinajstić information content (AvgIpc) is 3.39. The van der Waals surface area contributed by atoms with E-state index in [4.69, 9.17) is 0 Å². The summed E-state index contributed by atoms with van der Waals surface area (Å²) in [5.41, 5.74) is 3.68. The number of nitrogens with one attached hydrogen (secondary N) is 1. The number of anilines is 1. The lowest BCUT2D eigenvalue weighted by Gasteiger charge is -2.13. The van der Waals surface area contributed by atoms with Gasteiger partial charge in [-0.15, -0.1) is 0 Å². The Morgan fingerprint density at radius 3 is 2.88 bits per heavy atom. The maximum Gasteiger partial charge on any atom is 0.269 e. The van der Waals surface area contributed by atoms with Gasteiger partial charge in [0, 0.05) is 30.3 Å². The monoisotopic (exact) mass is 350 g/mol. The van der Waals surface area contributed by atoms with Gasteiger partial charge < -0.3 is 5.32 Å². The number of hydrogen-bond donors (Lipinski definition) is 1. The van der Waals surface area contributed by atoms with Crippen molar-refractivity contribution in [1.29, 1.82) is 0 Å². The Bertz CT molecular complexity index is 1010. The lowest BCUT2D eigenvalue weighted by molar-refractivity contribution is -0.384. The first-order valence-corrected chi connectivity index (χ1v) is 8.92. The molecule has 0 spiro atoms. The van der Waals surface area contributed by atoms with Crippen LogP contribution in [0.15, 0.2) is 30.7 Å². The Kier molecular flexibility index (Phi) is 3.37. The fourth-order valence-corrected chi connectivity index (χ4v) is 4.25. The van der Waals surface area contributed by atoms with Gasteiger partial charge in [-0.25, -0.2) is 14.6 Å². The maximum absolute atomic E-state index is 11.2. The van der Waals surface area contributed by atoms with E-state index in [1.165, 1.54) is 18.9 Å². The number of nitro groups is 1. The molecule has 8 heteroatoms. The molecule has 1 saturated carbocycles. The third-order valence-corrected chi connectivity index (χ3v) is 5.54. The van der Waals surface area contributed by atoms with E-state index in [1.54, 1.807) is 18.5 Å².